The molecular formula is C17H12BrCl3N4S. The molecule has 0 amide bonds. The molecule has 0 fully saturated rings. The number of benzene rings is 2. The molecule has 0 bridgehead atoms. The van der Waals surface area contributed by atoms with Crippen LogP contribution in [0.5, 0.6) is 0 Å². The zero-order valence-electron chi connectivity index (χ0n) is 13.1. The van der Waals surface area contributed by atoms with Crippen LogP contribution in [0.4, 0.5) is 11.5 Å². The molecule has 0 aliphatic carbocycles. The summed E-state index contributed by atoms with van der Waals surface area (Å²) in [5.41, 5.74) is 1.74. The quantitative estimate of drug-likeness (QED) is 0.412. The summed E-state index contributed by atoms with van der Waals surface area (Å²) in [6.07, 6.45) is 1.71. The lowest BCUT2D eigenvalue weighted by molar-refractivity contribution is 0.690. The zero-order valence-corrected chi connectivity index (χ0v) is 17.8. The Morgan fingerprint density at radius 2 is 1.77 bits per heavy atom. The van der Waals surface area contributed by atoms with Gasteiger partial charge in [0.15, 0.2) is 10.9 Å². The number of hydrogen-bond donors (Lipinski definition) is 2. The van der Waals surface area contributed by atoms with E-state index in [1.54, 1.807) is 23.0 Å². The van der Waals surface area contributed by atoms with Gasteiger partial charge in [-0.2, -0.15) is 5.10 Å². The molecule has 1 heterocycles. The number of thiocarbonyl (C=S) groups is 1. The Balaban J connectivity index is 1.67. The molecule has 3 rings (SSSR count). The van der Waals surface area contributed by atoms with Gasteiger partial charge >= 0.3 is 0 Å². The first-order valence-corrected chi connectivity index (χ1v) is 9.74. The number of hydrogen-bond acceptors (Lipinski definition) is 2. The maximum Gasteiger partial charge on any atom is 0.176 e. The molecule has 4 nitrogen and oxygen atoms in total. The van der Waals surface area contributed by atoms with E-state index in [0.29, 0.717) is 32.5 Å². The van der Waals surface area contributed by atoms with E-state index in [9.17, 15) is 0 Å². The van der Waals surface area contributed by atoms with Gasteiger partial charge in [0, 0.05) is 26.4 Å². The topological polar surface area (TPSA) is 41.9 Å². The summed E-state index contributed by atoms with van der Waals surface area (Å²) < 4.78 is 2.67. The molecule has 0 saturated heterocycles. The van der Waals surface area contributed by atoms with Crippen LogP contribution < -0.4 is 10.6 Å². The predicted octanol–water partition coefficient (Wildman–Crippen LogP) is 6.46. The van der Waals surface area contributed by atoms with Gasteiger partial charge in [0.05, 0.1) is 6.54 Å². The number of halogens is 4. The van der Waals surface area contributed by atoms with Crippen LogP contribution in [0.2, 0.25) is 15.1 Å². The van der Waals surface area contributed by atoms with E-state index in [4.69, 9.17) is 47.0 Å². The Labute approximate surface area is 179 Å². The first kappa shape index (κ1) is 19.5. The lowest BCUT2D eigenvalue weighted by Crippen LogP contribution is -2.19. The molecule has 0 aliphatic heterocycles. The maximum absolute atomic E-state index is 6.25. The van der Waals surface area contributed by atoms with E-state index in [1.807, 2.05) is 30.3 Å². The Hall–Kier alpha value is -1.31. The summed E-state index contributed by atoms with van der Waals surface area (Å²) in [6.45, 7) is 0.463. The second kappa shape index (κ2) is 8.59. The second-order valence-electron chi connectivity index (χ2n) is 5.34. The van der Waals surface area contributed by atoms with E-state index in [1.165, 1.54) is 0 Å². The normalized spacial score (nSPS) is 10.6. The number of anilines is 2. The summed E-state index contributed by atoms with van der Waals surface area (Å²) in [4.78, 5) is 0. The molecule has 1 aromatic heterocycles. The number of nitrogens with one attached hydrogen (secondary N) is 2. The summed E-state index contributed by atoms with van der Waals surface area (Å²) in [5.74, 6) is 0.464. The zero-order chi connectivity index (χ0) is 18.7. The largest absolute Gasteiger partial charge is 0.332 e. The smallest absolute Gasteiger partial charge is 0.176 e. The van der Waals surface area contributed by atoms with E-state index < -0.39 is 0 Å². The predicted molar refractivity (Wildman–Crippen MR) is 117 cm³/mol. The monoisotopic (exact) mass is 488 g/mol. The lowest BCUT2D eigenvalue weighted by Gasteiger charge is -2.09. The van der Waals surface area contributed by atoms with Crippen LogP contribution in [0.25, 0.3) is 0 Å². The van der Waals surface area contributed by atoms with Crippen LogP contribution in [0.15, 0.2) is 53.1 Å². The fourth-order valence-corrected chi connectivity index (χ4v) is 3.34. The summed E-state index contributed by atoms with van der Waals surface area (Å²) >= 11 is 27.1. The highest BCUT2D eigenvalue weighted by atomic mass is 79.9. The third-order valence-electron chi connectivity index (χ3n) is 3.40. The first-order chi connectivity index (χ1) is 12.4. The van der Waals surface area contributed by atoms with Gasteiger partial charge in [-0.05, 0) is 54.2 Å². The molecule has 0 atom stereocenters. The highest BCUT2D eigenvalue weighted by molar-refractivity contribution is 9.10. The molecule has 3 aromatic rings. The minimum atomic E-state index is 0.393. The van der Waals surface area contributed by atoms with Crippen molar-refractivity contribution in [3.63, 3.8) is 0 Å². The van der Waals surface area contributed by atoms with Crippen LogP contribution in [0.3, 0.4) is 0 Å². The highest BCUT2D eigenvalue weighted by Crippen LogP contribution is 2.24. The van der Waals surface area contributed by atoms with Crippen molar-refractivity contribution >= 4 is 79.6 Å². The third kappa shape index (κ3) is 5.11. The van der Waals surface area contributed by atoms with Crippen LogP contribution in [0, 0.1) is 0 Å². The standard InChI is InChI=1S/C17H12BrCl3N4S/c18-11-2-5-13(6-3-11)22-17(26)23-16-15(21)9-25(24-16)8-10-1-4-12(19)7-14(10)20/h1-7,9H,8H2,(H2,22,23,24,26). The highest BCUT2D eigenvalue weighted by Gasteiger charge is 2.10. The van der Waals surface area contributed by atoms with Gasteiger partial charge in [-0.25, -0.2) is 0 Å². The van der Waals surface area contributed by atoms with Crippen LogP contribution in [0.1, 0.15) is 5.56 Å². The molecule has 134 valence electrons. The van der Waals surface area contributed by atoms with Gasteiger partial charge in [-0.15, -0.1) is 0 Å². The summed E-state index contributed by atoms with van der Waals surface area (Å²) in [6, 6.07) is 13.0. The Morgan fingerprint density at radius 1 is 1.04 bits per heavy atom. The molecular weight excluding hydrogens is 479 g/mol. The van der Waals surface area contributed by atoms with Crippen molar-refractivity contribution in [2.24, 2.45) is 0 Å². The van der Waals surface area contributed by atoms with Crippen molar-refractivity contribution in [1.29, 1.82) is 0 Å². The average Bonchev–Trinajstić information content (AvgIpc) is 2.92. The molecule has 2 N–H and O–H groups in total. The Morgan fingerprint density at radius 3 is 2.46 bits per heavy atom. The molecule has 0 saturated carbocycles. The van der Waals surface area contributed by atoms with E-state index in [2.05, 4.69) is 31.7 Å². The van der Waals surface area contributed by atoms with Gasteiger partial charge in [0.25, 0.3) is 0 Å². The lowest BCUT2D eigenvalue weighted by atomic mass is 10.2. The van der Waals surface area contributed by atoms with Crippen molar-refractivity contribution in [3.05, 3.63) is 73.8 Å². The SMILES string of the molecule is S=C(Nc1ccc(Br)cc1)Nc1nn(Cc2ccc(Cl)cc2Cl)cc1Cl. The second-order valence-corrected chi connectivity index (χ2v) is 7.92. The molecule has 0 spiro atoms. The van der Waals surface area contributed by atoms with Gasteiger partial charge in [-0.3, -0.25) is 4.68 Å². The fraction of sp³-hybridized carbons (Fsp3) is 0.0588. The number of aromatic nitrogens is 2. The van der Waals surface area contributed by atoms with Crippen LogP contribution >= 0.6 is 63.0 Å². The van der Waals surface area contributed by atoms with Gasteiger partial charge in [0.2, 0.25) is 0 Å². The minimum absolute atomic E-state index is 0.393. The number of nitrogens with zero attached hydrogens (tertiary/aromatic N) is 2. The third-order valence-corrected chi connectivity index (χ3v) is 4.99. The van der Waals surface area contributed by atoms with Crippen LogP contribution in [-0.4, -0.2) is 14.9 Å². The fourth-order valence-electron chi connectivity index (χ4n) is 2.19. The van der Waals surface area contributed by atoms with Crippen LogP contribution in [-0.2, 0) is 6.54 Å². The molecule has 0 radical (unpaired) electrons. The van der Waals surface area contributed by atoms with E-state index in [-0.39, 0.29) is 0 Å². The van der Waals surface area contributed by atoms with Crippen molar-refractivity contribution in [1.82, 2.24) is 9.78 Å². The summed E-state index contributed by atoms with van der Waals surface area (Å²) in [7, 11) is 0. The first-order valence-electron chi connectivity index (χ1n) is 7.41. The molecule has 9 heteroatoms. The van der Waals surface area contributed by atoms with E-state index >= 15 is 0 Å². The number of rotatable bonds is 4. The van der Waals surface area contributed by atoms with Crippen molar-refractivity contribution in [2.45, 2.75) is 6.54 Å². The Kier molecular flexibility index (Phi) is 6.42. The van der Waals surface area contributed by atoms with Crippen molar-refractivity contribution in [2.75, 3.05) is 10.6 Å². The Bertz CT molecular complexity index is 944. The molecule has 0 unspecified atom stereocenters. The maximum atomic E-state index is 6.25. The van der Waals surface area contributed by atoms with Crippen molar-refractivity contribution in [3.8, 4) is 0 Å². The molecule has 26 heavy (non-hydrogen) atoms. The minimum Gasteiger partial charge on any atom is -0.332 e. The molecule has 2 aromatic carbocycles. The molecule has 0 aliphatic rings. The van der Waals surface area contributed by atoms with E-state index in [0.717, 1.165) is 15.7 Å². The van der Waals surface area contributed by atoms with Gasteiger partial charge < -0.3 is 10.6 Å². The van der Waals surface area contributed by atoms with Gasteiger partial charge in [-0.1, -0.05) is 56.8 Å². The summed E-state index contributed by atoms with van der Waals surface area (Å²) in [5, 5.41) is 12.5. The van der Waals surface area contributed by atoms with Crippen molar-refractivity contribution < 1.29 is 0 Å². The average molecular weight is 491 g/mol. The van der Waals surface area contributed by atoms with Gasteiger partial charge in [0.1, 0.15) is 5.02 Å².